The molecule has 1 saturated carbocycles. The van der Waals surface area contributed by atoms with Gasteiger partial charge in [0, 0.05) is 36.1 Å². The molecule has 0 radical (unpaired) electrons. The van der Waals surface area contributed by atoms with Crippen molar-refractivity contribution in [3.63, 3.8) is 0 Å². The van der Waals surface area contributed by atoms with Gasteiger partial charge in [-0.25, -0.2) is 9.97 Å². The van der Waals surface area contributed by atoms with E-state index in [9.17, 15) is 14.7 Å². The third kappa shape index (κ3) is 5.32. The summed E-state index contributed by atoms with van der Waals surface area (Å²) in [5, 5.41) is 20.9. The minimum absolute atomic E-state index is 0.0252. The lowest BCUT2D eigenvalue weighted by molar-refractivity contribution is 0.0849. The molecule has 4 aromatic heterocycles. The molecule has 0 unspecified atom stereocenters. The molecule has 6 rings (SSSR count). The van der Waals surface area contributed by atoms with Crippen molar-refractivity contribution < 1.29 is 14.7 Å². The van der Waals surface area contributed by atoms with Crippen LogP contribution in [0.1, 0.15) is 58.5 Å². The van der Waals surface area contributed by atoms with Crippen molar-refractivity contribution in [3.8, 4) is 11.3 Å². The van der Waals surface area contributed by atoms with Crippen molar-refractivity contribution in [2.75, 3.05) is 12.3 Å². The van der Waals surface area contributed by atoms with Gasteiger partial charge < -0.3 is 21.5 Å². The van der Waals surface area contributed by atoms with Gasteiger partial charge in [0.05, 0.1) is 21.9 Å². The summed E-state index contributed by atoms with van der Waals surface area (Å²) in [6.45, 7) is 0.717. The maximum absolute atomic E-state index is 13.6. The number of thiazole rings is 1. The van der Waals surface area contributed by atoms with Gasteiger partial charge in [0.2, 0.25) is 0 Å². The number of nitrogens with zero attached hydrogens (tertiary/aromatic N) is 3. The maximum atomic E-state index is 13.6. The Morgan fingerprint density at radius 1 is 1.07 bits per heavy atom. The van der Waals surface area contributed by atoms with Crippen LogP contribution in [0.15, 0.2) is 53.4 Å². The van der Waals surface area contributed by atoms with Gasteiger partial charge in [-0.1, -0.05) is 36.7 Å². The summed E-state index contributed by atoms with van der Waals surface area (Å²) in [5.41, 5.74) is 10.1. The zero-order chi connectivity index (χ0) is 27.6. The zero-order valence-corrected chi connectivity index (χ0v) is 23.4. The van der Waals surface area contributed by atoms with Gasteiger partial charge in [0.25, 0.3) is 11.8 Å². The van der Waals surface area contributed by atoms with Crippen LogP contribution in [0.5, 0.6) is 0 Å². The van der Waals surface area contributed by atoms with Crippen molar-refractivity contribution in [3.05, 3.63) is 70.2 Å². The Balaban J connectivity index is 1.27. The third-order valence-corrected chi connectivity index (χ3v) is 9.00. The molecule has 0 saturated heterocycles. The standard InChI is InChI=1S/C29H30N6O3S2/c30-29-33-21-9-8-17(13-23(21)40-29)14-31-27(37)20-6-4-11-35-25(24(34-26(20)35)19-10-12-39-16-19)28(38)32-15-18-5-2-1-3-7-22(18)36/h4,6,8-13,16,18,22,36H,1-3,5,7,14-15H2,(H2,30,33)(H,31,37)(H,32,38)/t18-,22-/m1/s1. The number of amides is 2. The number of nitrogen functional groups attached to an aromatic ring is 1. The molecule has 1 fully saturated rings. The van der Waals surface area contributed by atoms with Gasteiger partial charge >= 0.3 is 0 Å². The summed E-state index contributed by atoms with van der Waals surface area (Å²) >= 11 is 2.93. The Morgan fingerprint density at radius 2 is 1.95 bits per heavy atom. The second-order valence-corrected chi connectivity index (χ2v) is 12.0. The van der Waals surface area contributed by atoms with Crippen LogP contribution in [-0.2, 0) is 6.54 Å². The molecule has 0 spiro atoms. The van der Waals surface area contributed by atoms with E-state index in [4.69, 9.17) is 10.7 Å². The van der Waals surface area contributed by atoms with Gasteiger partial charge in [0.15, 0.2) is 10.8 Å². The fraction of sp³-hybridized carbons (Fsp3) is 0.310. The van der Waals surface area contributed by atoms with Crippen LogP contribution in [0.3, 0.4) is 0 Å². The molecule has 5 aromatic rings. The van der Waals surface area contributed by atoms with Crippen LogP contribution < -0.4 is 16.4 Å². The number of carbonyl (C=O) groups excluding carboxylic acids is 2. The lowest BCUT2D eigenvalue weighted by atomic mass is 9.97. The van der Waals surface area contributed by atoms with Crippen molar-refractivity contribution in [2.45, 2.75) is 44.8 Å². The highest BCUT2D eigenvalue weighted by atomic mass is 32.1. The first-order valence-corrected chi connectivity index (χ1v) is 15.2. The molecule has 0 bridgehead atoms. The second kappa shape index (κ2) is 11.4. The van der Waals surface area contributed by atoms with E-state index in [1.54, 1.807) is 22.7 Å². The molecule has 40 heavy (non-hydrogen) atoms. The summed E-state index contributed by atoms with van der Waals surface area (Å²) in [4.78, 5) is 36.0. The molecule has 1 aliphatic rings. The molecule has 1 aromatic carbocycles. The number of nitrogens with two attached hydrogens (primary N) is 1. The lowest BCUT2D eigenvalue weighted by Crippen LogP contribution is -2.35. The molecule has 5 N–H and O–H groups in total. The highest BCUT2D eigenvalue weighted by Gasteiger charge is 2.26. The lowest BCUT2D eigenvalue weighted by Gasteiger charge is -2.20. The quantitative estimate of drug-likeness (QED) is 0.205. The first kappa shape index (κ1) is 26.4. The average molecular weight is 575 g/mol. The fourth-order valence-electron chi connectivity index (χ4n) is 5.35. The molecular weight excluding hydrogens is 544 g/mol. The average Bonchev–Trinajstić information content (AvgIpc) is 3.67. The van der Waals surface area contributed by atoms with E-state index in [0.29, 0.717) is 40.8 Å². The van der Waals surface area contributed by atoms with Crippen LogP contribution in [-0.4, -0.2) is 43.9 Å². The minimum Gasteiger partial charge on any atom is -0.393 e. The molecule has 4 heterocycles. The molecule has 2 atom stereocenters. The number of aliphatic hydroxyl groups is 1. The van der Waals surface area contributed by atoms with E-state index in [1.165, 1.54) is 22.7 Å². The number of hydrogen-bond acceptors (Lipinski definition) is 8. The fourth-order valence-corrected chi connectivity index (χ4v) is 6.79. The normalized spacial score (nSPS) is 17.6. The zero-order valence-electron chi connectivity index (χ0n) is 21.8. The van der Waals surface area contributed by atoms with E-state index in [0.717, 1.165) is 53.4 Å². The number of hydrogen-bond donors (Lipinski definition) is 4. The number of aliphatic hydroxyl groups excluding tert-OH is 1. The first-order chi connectivity index (χ1) is 19.5. The Kier molecular flexibility index (Phi) is 7.50. The van der Waals surface area contributed by atoms with E-state index in [1.807, 2.05) is 35.0 Å². The summed E-state index contributed by atoms with van der Waals surface area (Å²) in [7, 11) is 0. The van der Waals surface area contributed by atoms with E-state index < -0.39 is 6.10 Å². The SMILES string of the molecule is Nc1nc2ccc(CNC(=O)c3cccn4c(C(=O)NC[C@H]5CCCCC[C@H]5O)c(-c5ccsc5)nc34)cc2s1. The number of pyridine rings is 1. The smallest absolute Gasteiger partial charge is 0.270 e. The largest absolute Gasteiger partial charge is 0.393 e. The van der Waals surface area contributed by atoms with Crippen molar-refractivity contribution >= 4 is 55.5 Å². The Labute approximate surface area is 239 Å². The highest BCUT2D eigenvalue weighted by Crippen LogP contribution is 2.29. The number of rotatable bonds is 7. The second-order valence-electron chi connectivity index (χ2n) is 10.1. The Morgan fingerprint density at radius 3 is 2.80 bits per heavy atom. The highest BCUT2D eigenvalue weighted by molar-refractivity contribution is 7.22. The predicted octanol–water partition coefficient (Wildman–Crippen LogP) is 4.86. The summed E-state index contributed by atoms with van der Waals surface area (Å²) < 4.78 is 2.65. The number of imidazole rings is 1. The summed E-state index contributed by atoms with van der Waals surface area (Å²) in [6.07, 6.45) is 6.17. The van der Waals surface area contributed by atoms with E-state index in [2.05, 4.69) is 15.6 Å². The molecule has 2 amide bonds. The van der Waals surface area contributed by atoms with Crippen molar-refractivity contribution in [2.24, 2.45) is 5.92 Å². The number of benzene rings is 1. The number of carbonyl (C=O) groups is 2. The van der Waals surface area contributed by atoms with Crippen LogP contribution in [0, 0.1) is 5.92 Å². The molecule has 11 heteroatoms. The first-order valence-electron chi connectivity index (χ1n) is 13.4. The third-order valence-electron chi connectivity index (χ3n) is 7.47. The Hall–Kier alpha value is -3.80. The molecule has 206 valence electrons. The monoisotopic (exact) mass is 574 g/mol. The number of aromatic nitrogens is 3. The Bertz CT molecular complexity index is 1680. The van der Waals surface area contributed by atoms with Gasteiger partial charge in [-0.15, -0.1) is 0 Å². The summed E-state index contributed by atoms with van der Waals surface area (Å²) in [5.74, 6) is -0.540. The van der Waals surface area contributed by atoms with Crippen molar-refractivity contribution in [1.82, 2.24) is 25.0 Å². The number of fused-ring (bicyclic) bond motifs is 2. The van der Waals surface area contributed by atoms with E-state index >= 15 is 0 Å². The van der Waals surface area contributed by atoms with Crippen LogP contribution in [0.4, 0.5) is 5.13 Å². The number of thiophene rings is 1. The van der Waals surface area contributed by atoms with Crippen LogP contribution >= 0.6 is 22.7 Å². The van der Waals surface area contributed by atoms with Gasteiger partial charge in [-0.2, -0.15) is 11.3 Å². The van der Waals surface area contributed by atoms with Gasteiger partial charge in [-0.3, -0.25) is 14.0 Å². The number of anilines is 1. The molecule has 0 aliphatic heterocycles. The van der Waals surface area contributed by atoms with Crippen LogP contribution in [0.2, 0.25) is 0 Å². The molecule has 1 aliphatic carbocycles. The van der Waals surface area contributed by atoms with E-state index in [-0.39, 0.29) is 17.7 Å². The predicted molar refractivity (Wildman–Crippen MR) is 159 cm³/mol. The maximum Gasteiger partial charge on any atom is 0.270 e. The van der Waals surface area contributed by atoms with Crippen LogP contribution in [0.25, 0.3) is 27.1 Å². The molecular formula is C29H30N6O3S2. The van der Waals surface area contributed by atoms with Gasteiger partial charge in [0.1, 0.15) is 11.4 Å². The summed E-state index contributed by atoms with van der Waals surface area (Å²) in [6, 6.07) is 11.2. The minimum atomic E-state index is -0.411. The van der Waals surface area contributed by atoms with Gasteiger partial charge in [-0.05, 0) is 54.1 Å². The van der Waals surface area contributed by atoms with Crippen molar-refractivity contribution in [1.29, 1.82) is 0 Å². The topological polar surface area (TPSA) is 135 Å². The number of nitrogens with one attached hydrogen (secondary N) is 2. The molecule has 9 nitrogen and oxygen atoms in total.